The van der Waals surface area contributed by atoms with E-state index in [0.29, 0.717) is 11.6 Å². The van der Waals surface area contributed by atoms with Gasteiger partial charge in [0.15, 0.2) is 0 Å². The molecule has 0 heterocycles. The van der Waals surface area contributed by atoms with Crippen LogP contribution < -0.4 is 5.32 Å². The van der Waals surface area contributed by atoms with Gasteiger partial charge >= 0.3 is 0 Å². The summed E-state index contributed by atoms with van der Waals surface area (Å²) in [7, 11) is 0. The predicted molar refractivity (Wildman–Crippen MR) is 127 cm³/mol. The van der Waals surface area contributed by atoms with E-state index in [2.05, 4.69) is 11.4 Å². The lowest BCUT2D eigenvalue weighted by Gasteiger charge is -2.33. The van der Waals surface area contributed by atoms with Crippen LogP contribution in [0.4, 0.5) is 0 Å². The number of nitrogens with zero attached hydrogens (tertiary/aromatic N) is 1. The molecule has 2 amide bonds. The number of carbonyl (C=O) groups is 2. The zero-order valence-corrected chi connectivity index (χ0v) is 19.8. The Kier molecular flexibility index (Phi) is 9.73. The molecule has 3 rings (SSSR count). The minimum Gasteiger partial charge on any atom is -0.351 e. The second-order valence-corrected chi connectivity index (χ2v) is 9.43. The molecule has 1 aromatic rings. The third-order valence-electron chi connectivity index (χ3n) is 6.44. The summed E-state index contributed by atoms with van der Waals surface area (Å²) in [4.78, 5) is 28.1. The quantitative estimate of drug-likeness (QED) is 0.283. The Balaban J connectivity index is 1.83. The summed E-state index contributed by atoms with van der Waals surface area (Å²) in [5.74, 6) is -0.473. The fourth-order valence-electron chi connectivity index (χ4n) is 4.69. The first kappa shape index (κ1) is 24.1. The number of hydrogen-bond acceptors (Lipinski definition) is 2. The van der Waals surface area contributed by atoms with Gasteiger partial charge in [0, 0.05) is 17.6 Å². The maximum Gasteiger partial charge on any atom is 0.247 e. The van der Waals surface area contributed by atoms with E-state index >= 15 is 0 Å². The van der Waals surface area contributed by atoms with Crippen LogP contribution in [0.15, 0.2) is 35.9 Å². The highest BCUT2D eigenvalue weighted by Gasteiger charge is 2.32. The normalized spacial score (nSPS) is 18.6. The van der Waals surface area contributed by atoms with Crippen LogP contribution in [0.2, 0.25) is 5.02 Å². The molecule has 0 unspecified atom stereocenters. The number of rotatable bonds is 8. The predicted octanol–water partition coefficient (Wildman–Crippen LogP) is 6.18. The molecule has 0 aliphatic heterocycles. The van der Waals surface area contributed by atoms with Crippen molar-refractivity contribution in [2.75, 3.05) is 12.4 Å². The molecule has 2 aliphatic carbocycles. The van der Waals surface area contributed by atoms with Gasteiger partial charge < -0.3 is 10.2 Å². The van der Waals surface area contributed by atoms with Gasteiger partial charge in [-0.1, -0.05) is 61.1 Å². The topological polar surface area (TPSA) is 49.4 Å². The number of hydrogen-bond donors (Lipinski definition) is 1. The average molecular weight is 465 g/mol. The lowest BCUT2D eigenvalue weighted by atomic mass is 9.96. The number of allylic oxidation sites excluding steroid dienone is 1. The van der Waals surface area contributed by atoms with Gasteiger partial charge in [0.25, 0.3) is 0 Å². The van der Waals surface area contributed by atoms with Gasteiger partial charge in [0.1, 0.15) is 11.9 Å². The van der Waals surface area contributed by atoms with E-state index in [1.54, 1.807) is 17.0 Å². The number of carbonyl (C=O) groups excluding carboxylic acids is 2. The summed E-state index contributed by atoms with van der Waals surface area (Å²) in [6.45, 7) is 0.489. The van der Waals surface area contributed by atoms with E-state index < -0.39 is 6.04 Å². The number of amides is 2. The Morgan fingerprint density at radius 1 is 1.03 bits per heavy atom. The van der Waals surface area contributed by atoms with Crippen LogP contribution in [-0.2, 0) is 9.59 Å². The number of alkyl halides is 1. The molecule has 0 spiro atoms. The van der Waals surface area contributed by atoms with Crippen molar-refractivity contribution in [2.45, 2.75) is 82.7 Å². The molecule has 1 saturated carbocycles. The SMILES string of the molecule is O=C(NC1CCCCCC1)[C@@H](c1ccc(Cl)cc1)N(CCC1=CCCCC1)C(=O)CCl. The Hall–Kier alpha value is -1.52. The lowest BCUT2D eigenvalue weighted by Crippen LogP contribution is -2.47. The van der Waals surface area contributed by atoms with Crippen LogP contribution in [0.5, 0.6) is 0 Å². The van der Waals surface area contributed by atoms with E-state index in [9.17, 15) is 9.59 Å². The largest absolute Gasteiger partial charge is 0.351 e. The third-order valence-corrected chi connectivity index (χ3v) is 6.92. The van der Waals surface area contributed by atoms with Crippen molar-refractivity contribution in [1.29, 1.82) is 0 Å². The highest BCUT2D eigenvalue weighted by molar-refractivity contribution is 6.30. The molecule has 6 heteroatoms. The summed E-state index contributed by atoms with van der Waals surface area (Å²) in [6, 6.07) is 6.70. The molecule has 1 atom stereocenters. The van der Waals surface area contributed by atoms with Crippen molar-refractivity contribution in [3.63, 3.8) is 0 Å². The maximum absolute atomic E-state index is 13.5. The van der Waals surface area contributed by atoms with Crippen molar-refractivity contribution < 1.29 is 9.59 Å². The van der Waals surface area contributed by atoms with Gasteiger partial charge in [-0.15, -0.1) is 11.6 Å². The molecule has 0 aromatic heterocycles. The zero-order chi connectivity index (χ0) is 22.1. The summed E-state index contributed by atoms with van der Waals surface area (Å²) in [6.07, 6.45) is 14.4. The second kappa shape index (κ2) is 12.5. The number of benzene rings is 1. The van der Waals surface area contributed by atoms with Crippen molar-refractivity contribution in [2.24, 2.45) is 0 Å². The van der Waals surface area contributed by atoms with E-state index in [1.807, 2.05) is 12.1 Å². The van der Waals surface area contributed by atoms with Crippen LogP contribution in [0.3, 0.4) is 0 Å². The molecule has 1 aromatic carbocycles. The Morgan fingerprint density at radius 3 is 2.35 bits per heavy atom. The highest BCUT2D eigenvalue weighted by atomic mass is 35.5. The summed E-state index contributed by atoms with van der Waals surface area (Å²) in [5.41, 5.74) is 2.14. The van der Waals surface area contributed by atoms with Gasteiger partial charge in [-0.05, 0) is 62.6 Å². The lowest BCUT2D eigenvalue weighted by molar-refractivity contribution is -0.139. The van der Waals surface area contributed by atoms with Gasteiger partial charge in [0.05, 0.1) is 0 Å². The fraction of sp³-hybridized carbons (Fsp3) is 0.600. The van der Waals surface area contributed by atoms with E-state index in [0.717, 1.165) is 50.5 Å². The van der Waals surface area contributed by atoms with Gasteiger partial charge in [0.2, 0.25) is 11.8 Å². The van der Waals surface area contributed by atoms with E-state index in [-0.39, 0.29) is 23.7 Å². The number of nitrogens with one attached hydrogen (secondary N) is 1. The third kappa shape index (κ3) is 7.25. The molecule has 0 bridgehead atoms. The van der Waals surface area contributed by atoms with Crippen LogP contribution in [0, 0.1) is 0 Å². The van der Waals surface area contributed by atoms with Crippen molar-refractivity contribution in [3.8, 4) is 0 Å². The molecule has 170 valence electrons. The molecule has 4 nitrogen and oxygen atoms in total. The van der Waals surface area contributed by atoms with Gasteiger partial charge in [-0.2, -0.15) is 0 Å². The van der Waals surface area contributed by atoms with Crippen LogP contribution in [-0.4, -0.2) is 35.2 Å². The van der Waals surface area contributed by atoms with Crippen LogP contribution in [0.25, 0.3) is 0 Å². The van der Waals surface area contributed by atoms with Gasteiger partial charge in [-0.3, -0.25) is 9.59 Å². The Morgan fingerprint density at radius 2 is 1.74 bits per heavy atom. The molecular weight excluding hydrogens is 431 g/mol. The monoisotopic (exact) mass is 464 g/mol. The van der Waals surface area contributed by atoms with Crippen LogP contribution >= 0.6 is 23.2 Å². The molecule has 2 aliphatic rings. The van der Waals surface area contributed by atoms with E-state index in [4.69, 9.17) is 23.2 Å². The minimum absolute atomic E-state index is 0.120. The van der Waals surface area contributed by atoms with Crippen molar-refractivity contribution in [3.05, 3.63) is 46.5 Å². The Bertz CT molecular complexity index is 755. The van der Waals surface area contributed by atoms with Crippen LogP contribution in [0.1, 0.15) is 82.2 Å². The standard InChI is InChI=1S/C25H34Cl2N2O2/c26-18-23(30)29(17-16-19-8-4-3-5-9-19)24(20-12-14-21(27)15-13-20)25(31)28-22-10-6-1-2-7-11-22/h8,12-15,22,24H,1-7,9-11,16-18H2,(H,28,31)/t24-/m1/s1. The molecule has 0 saturated heterocycles. The van der Waals surface area contributed by atoms with Crippen molar-refractivity contribution in [1.82, 2.24) is 10.2 Å². The summed E-state index contributed by atoms with van der Waals surface area (Å²) in [5, 5.41) is 3.85. The van der Waals surface area contributed by atoms with Crippen molar-refractivity contribution >= 4 is 35.0 Å². The first-order valence-electron chi connectivity index (χ1n) is 11.7. The minimum atomic E-state index is -0.698. The summed E-state index contributed by atoms with van der Waals surface area (Å²) < 4.78 is 0. The zero-order valence-electron chi connectivity index (χ0n) is 18.3. The summed E-state index contributed by atoms with van der Waals surface area (Å²) >= 11 is 12.1. The molecule has 31 heavy (non-hydrogen) atoms. The Labute approximate surface area is 196 Å². The highest BCUT2D eigenvalue weighted by Crippen LogP contribution is 2.27. The maximum atomic E-state index is 13.5. The first-order chi connectivity index (χ1) is 15.1. The average Bonchev–Trinajstić information content (AvgIpc) is 3.06. The molecular formula is C25H34Cl2N2O2. The van der Waals surface area contributed by atoms with E-state index in [1.165, 1.54) is 31.3 Å². The number of halogens is 2. The molecule has 1 N–H and O–H groups in total. The molecule has 0 radical (unpaired) electrons. The fourth-order valence-corrected chi connectivity index (χ4v) is 4.97. The first-order valence-corrected chi connectivity index (χ1v) is 12.6. The van der Waals surface area contributed by atoms with Gasteiger partial charge in [-0.25, -0.2) is 0 Å². The molecule has 1 fully saturated rings. The second-order valence-electron chi connectivity index (χ2n) is 8.73. The smallest absolute Gasteiger partial charge is 0.247 e.